The Hall–Kier alpha value is -3.25. The van der Waals surface area contributed by atoms with Crippen LogP contribution in [0.2, 0.25) is 0 Å². The highest BCUT2D eigenvalue weighted by molar-refractivity contribution is 6.05. The topological polar surface area (TPSA) is 53.9 Å². The number of rotatable bonds is 7. The van der Waals surface area contributed by atoms with E-state index in [9.17, 15) is 14.0 Å². The summed E-state index contributed by atoms with van der Waals surface area (Å²) < 4.78 is 13.3. The predicted molar refractivity (Wildman–Crippen MR) is 118 cm³/mol. The molecule has 2 atom stereocenters. The van der Waals surface area contributed by atoms with Gasteiger partial charge in [0.15, 0.2) is 12.6 Å². The molecule has 0 fully saturated rings. The molecule has 5 nitrogen and oxygen atoms in total. The van der Waals surface area contributed by atoms with Crippen molar-refractivity contribution in [2.24, 2.45) is 0 Å². The van der Waals surface area contributed by atoms with Crippen LogP contribution in [0.15, 0.2) is 66.7 Å². The Labute approximate surface area is 176 Å². The first-order valence-corrected chi connectivity index (χ1v) is 10.1. The van der Waals surface area contributed by atoms with E-state index < -0.39 is 11.9 Å². The summed E-state index contributed by atoms with van der Waals surface area (Å²) in [5.41, 5.74) is 1.27. The first kappa shape index (κ1) is 21.5. The van der Waals surface area contributed by atoms with Gasteiger partial charge in [-0.1, -0.05) is 42.5 Å². The molecular formula is C24H27FN3O2+. The van der Waals surface area contributed by atoms with E-state index in [1.165, 1.54) is 18.2 Å². The minimum atomic E-state index is -0.429. The van der Waals surface area contributed by atoms with Gasteiger partial charge in [-0.05, 0) is 43.5 Å². The number of hydrogen-bond donors (Lipinski definition) is 2. The molecule has 30 heavy (non-hydrogen) atoms. The first-order chi connectivity index (χ1) is 14.4. The van der Waals surface area contributed by atoms with Crippen molar-refractivity contribution in [3.63, 3.8) is 0 Å². The Morgan fingerprint density at radius 2 is 1.77 bits per heavy atom. The van der Waals surface area contributed by atoms with Crippen molar-refractivity contribution < 1.29 is 18.9 Å². The van der Waals surface area contributed by atoms with Crippen molar-refractivity contribution in [2.45, 2.75) is 19.9 Å². The van der Waals surface area contributed by atoms with Crippen LogP contribution >= 0.6 is 0 Å². The van der Waals surface area contributed by atoms with Gasteiger partial charge in [0.05, 0.1) is 12.7 Å². The number of nitrogens with zero attached hydrogens (tertiary/aromatic N) is 1. The molecule has 0 saturated heterocycles. The van der Waals surface area contributed by atoms with E-state index in [0.29, 0.717) is 12.2 Å². The van der Waals surface area contributed by atoms with Crippen LogP contribution in [0.25, 0.3) is 10.8 Å². The highest BCUT2D eigenvalue weighted by atomic mass is 19.1. The van der Waals surface area contributed by atoms with Gasteiger partial charge in [0.1, 0.15) is 5.82 Å². The fourth-order valence-electron chi connectivity index (χ4n) is 3.51. The van der Waals surface area contributed by atoms with Gasteiger partial charge in [-0.25, -0.2) is 4.39 Å². The second-order valence-electron chi connectivity index (χ2n) is 7.38. The van der Waals surface area contributed by atoms with Gasteiger partial charge in [0, 0.05) is 17.6 Å². The Kier molecular flexibility index (Phi) is 6.79. The largest absolute Gasteiger partial charge is 0.321 e. The Morgan fingerprint density at radius 3 is 2.50 bits per heavy atom. The predicted octanol–water partition coefficient (Wildman–Crippen LogP) is 2.87. The lowest BCUT2D eigenvalue weighted by Gasteiger charge is -2.28. The van der Waals surface area contributed by atoms with Crippen molar-refractivity contribution in [3.8, 4) is 0 Å². The van der Waals surface area contributed by atoms with Crippen LogP contribution in [0.5, 0.6) is 0 Å². The van der Waals surface area contributed by atoms with Gasteiger partial charge < -0.3 is 15.1 Å². The monoisotopic (exact) mass is 408 g/mol. The SMILES string of the molecule is CCN(C(=O)[C@@H](C)[NH+](C)CC(=O)Nc1cccc(F)c1)c1cccc2ccccc12. The number of nitrogens with one attached hydrogen (secondary N) is 2. The van der Waals surface area contributed by atoms with E-state index in [1.807, 2.05) is 63.4 Å². The van der Waals surface area contributed by atoms with Crippen LogP contribution < -0.4 is 15.1 Å². The summed E-state index contributed by atoms with van der Waals surface area (Å²) in [6.07, 6.45) is 0. The van der Waals surface area contributed by atoms with Crippen LogP contribution in [-0.2, 0) is 9.59 Å². The molecule has 156 valence electrons. The number of quaternary nitrogens is 1. The maximum atomic E-state index is 13.3. The summed E-state index contributed by atoms with van der Waals surface area (Å²) in [7, 11) is 1.81. The summed E-state index contributed by atoms with van der Waals surface area (Å²) in [5, 5.41) is 4.77. The average molecular weight is 408 g/mol. The maximum Gasteiger partial charge on any atom is 0.284 e. The van der Waals surface area contributed by atoms with E-state index in [-0.39, 0.29) is 18.4 Å². The van der Waals surface area contributed by atoms with Crippen LogP contribution in [-0.4, -0.2) is 38.0 Å². The Morgan fingerprint density at radius 1 is 1.07 bits per heavy atom. The number of anilines is 2. The molecule has 6 heteroatoms. The van der Waals surface area contributed by atoms with E-state index in [2.05, 4.69) is 5.32 Å². The summed E-state index contributed by atoms with van der Waals surface area (Å²) >= 11 is 0. The van der Waals surface area contributed by atoms with Gasteiger partial charge in [-0.3, -0.25) is 9.59 Å². The molecule has 0 spiro atoms. The Balaban J connectivity index is 1.71. The molecular weight excluding hydrogens is 381 g/mol. The molecule has 2 N–H and O–H groups in total. The highest BCUT2D eigenvalue weighted by Crippen LogP contribution is 2.27. The summed E-state index contributed by atoms with van der Waals surface area (Å²) in [6, 6.07) is 19.2. The number of likely N-dealkylation sites (N-methyl/N-ethyl adjacent to an activating group) is 2. The lowest BCUT2D eigenvalue weighted by molar-refractivity contribution is -0.885. The number of amides is 2. The molecule has 0 aliphatic carbocycles. The van der Waals surface area contributed by atoms with Gasteiger partial charge in [0.2, 0.25) is 0 Å². The van der Waals surface area contributed by atoms with Crippen molar-refractivity contribution in [1.82, 2.24) is 0 Å². The smallest absolute Gasteiger partial charge is 0.284 e. The van der Waals surface area contributed by atoms with Crippen LogP contribution in [0.4, 0.5) is 15.8 Å². The van der Waals surface area contributed by atoms with Gasteiger partial charge >= 0.3 is 0 Å². The molecule has 0 bridgehead atoms. The van der Waals surface area contributed by atoms with Gasteiger partial charge in [-0.15, -0.1) is 0 Å². The third-order valence-corrected chi connectivity index (χ3v) is 5.30. The molecule has 3 aromatic carbocycles. The van der Waals surface area contributed by atoms with Crippen molar-refractivity contribution >= 4 is 34.0 Å². The van der Waals surface area contributed by atoms with E-state index in [1.54, 1.807) is 11.0 Å². The fourth-order valence-corrected chi connectivity index (χ4v) is 3.51. The molecule has 0 aliphatic heterocycles. The Bertz CT molecular complexity index is 1050. The summed E-state index contributed by atoms with van der Waals surface area (Å²) in [4.78, 5) is 28.2. The number of carbonyl (C=O) groups excluding carboxylic acids is 2. The number of halogens is 1. The lowest BCUT2D eigenvalue weighted by atomic mass is 10.1. The molecule has 3 aromatic rings. The molecule has 3 rings (SSSR count). The zero-order valence-electron chi connectivity index (χ0n) is 17.5. The number of benzene rings is 3. The quantitative estimate of drug-likeness (QED) is 0.632. The molecule has 1 unspecified atom stereocenters. The molecule has 0 aliphatic rings. The summed E-state index contributed by atoms with van der Waals surface area (Å²) in [6.45, 7) is 4.38. The van der Waals surface area contributed by atoms with Crippen molar-refractivity contribution in [2.75, 3.05) is 30.4 Å². The maximum absolute atomic E-state index is 13.3. The third-order valence-electron chi connectivity index (χ3n) is 5.30. The zero-order chi connectivity index (χ0) is 21.7. The van der Waals surface area contributed by atoms with Gasteiger partial charge in [0.25, 0.3) is 11.8 Å². The summed E-state index contributed by atoms with van der Waals surface area (Å²) in [5.74, 6) is -0.735. The standard InChI is InChI=1S/C24H26FN3O2/c1-4-28(22-14-7-10-18-9-5-6-13-21(18)22)24(30)17(2)27(3)16-23(29)26-20-12-8-11-19(25)15-20/h5-15,17H,4,16H2,1-3H3,(H,26,29)/p+1/t17-/m1/s1. The zero-order valence-corrected chi connectivity index (χ0v) is 17.5. The minimum Gasteiger partial charge on any atom is -0.321 e. The second kappa shape index (κ2) is 9.50. The molecule has 0 heterocycles. The van der Waals surface area contributed by atoms with Crippen LogP contribution in [0, 0.1) is 5.82 Å². The second-order valence-corrected chi connectivity index (χ2v) is 7.38. The van der Waals surface area contributed by atoms with Crippen molar-refractivity contribution in [1.29, 1.82) is 0 Å². The van der Waals surface area contributed by atoms with Crippen molar-refractivity contribution in [3.05, 3.63) is 72.5 Å². The van der Waals surface area contributed by atoms with Crippen LogP contribution in [0.1, 0.15) is 13.8 Å². The lowest BCUT2D eigenvalue weighted by Crippen LogP contribution is -3.15. The molecule has 0 aromatic heterocycles. The van der Waals surface area contributed by atoms with E-state index in [0.717, 1.165) is 21.4 Å². The highest BCUT2D eigenvalue weighted by Gasteiger charge is 2.29. The minimum absolute atomic E-state index is 0.0510. The van der Waals surface area contributed by atoms with E-state index in [4.69, 9.17) is 0 Å². The van der Waals surface area contributed by atoms with Crippen LogP contribution in [0.3, 0.4) is 0 Å². The average Bonchev–Trinajstić information content (AvgIpc) is 2.73. The number of carbonyl (C=O) groups is 2. The fraction of sp³-hybridized carbons (Fsp3) is 0.250. The third kappa shape index (κ3) is 4.83. The van der Waals surface area contributed by atoms with E-state index >= 15 is 0 Å². The molecule has 0 radical (unpaired) electrons. The first-order valence-electron chi connectivity index (χ1n) is 10.1. The normalized spacial score (nSPS) is 12.9. The number of hydrogen-bond acceptors (Lipinski definition) is 2. The molecule has 0 saturated carbocycles. The van der Waals surface area contributed by atoms with Gasteiger partial charge in [-0.2, -0.15) is 0 Å². The number of fused-ring (bicyclic) bond motifs is 1. The molecule has 2 amide bonds.